The Labute approximate surface area is 191 Å². The van der Waals surface area contributed by atoms with Gasteiger partial charge in [0.25, 0.3) is 5.91 Å². The molecule has 0 saturated heterocycles. The highest BCUT2D eigenvalue weighted by atomic mass is 16.6. The first-order valence-corrected chi connectivity index (χ1v) is 10.7. The molecule has 6 heteroatoms. The van der Waals surface area contributed by atoms with Crippen molar-refractivity contribution in [3.63, 3.8) is 0 Å². The summed E-state index contributed by atoms with van der Waals surface area (Å²) in [7, 11) is 0. The average molecular weight is 438 g/mol. The van der Waals surface area contributed by atoms with Crippen molar-refractivity contribution >= 4 is 22.9 Å². The molecule has 164 valence electrons. The number of nitrogens with one attached hydrogen (secondary N) is 1. The molecule has 4 aromatic rings. The second kappa shape index (κ2) is 9.44. The number of nitrogens with zero attached hydrogens (tertiary/aromatic N) is 1. The van der Waals surface area contributed by atoms with Crippen molar-refractivity contribution in [3.05, 3.63) is 102 Å². The molecule has 5 rings (SSSR count). The van der Waals surface area contributed by atoms with Crippen molar-refractivity contribution in [1.82, 2.24) is 5.43 Å². The molecular weight excluding hydrogens is 416 g/mol. The van der Waals surface area contributed by atoms with Crippen LogP contribution in [0.3, 0.4) is 0 Å². The number of rotatable bonds is 6. The number of ether oxygens (including phenoxy) is 3. The smallest absolute Gasteiger partial charge is 0.284 e. The first-order valence-electron chi connectivity index (χ1n) is 10.7. The van der Waals surface area contributed by atoms with Gasteiger partial charge in [-0.25, -0.2) is 5.43 Å². The van der Waals surface area contributed by atoms with Crippen LogP contribution in [0.15, 0.2) is 96.1 Å². The van der Waals surface area contributed by atoms with Crippen molar-refractivity contribution in [2.24, 2.45) is 5.10 Å². The van der Waals surface area contributed by atoms with E-state index >= 15 is 0 Å². The third-order valence-electron chi connectivity index (χ3n) is 5.28. The number of hydrogen-bond acceptors (Lipinski definition) is 5. The zero-order chi connectivity index (χ0) is 22.5. The Hall–Kier alpha value is -4.32. The van der Waals surface area contributed by atoms with Crippen LogP contribution < -0.4 is 19.6 Å². The van der Waals surface area contributed by atoms with E-state index in [1.165, 1.54) is 0 Å². The largest absolute Gasteiger partial charge is 0.489 e. The molecule has 1 heterocycles. The Bertz CT molecular complexity index is 1290. The summed E-state index contributed by atoms with van der Waals surface area (Å²) in [5.74, 6) is 1.58. The molecule has 6 nitrogen and oxygen atoms in total. The van der Waals surface area contributed by atoms with Crippen LogP contribution in [-0.4, -0.2) is 24.8 Å². The van der Waals surface area contributed by atoms with Crippen molar-refractivity contribution in [2.75, 3.05) is 6.61 Å². The monoisotopic (exact) mass is 438 g/mol. The van der Waals surface area contributed by atoms with E-state index < -0.39 is 6.10 Å². The third-order valence-corrected chi connectivity index (χ3v) is 5.28. The van der Waals surface area contributed by atoms with Gasteiger partial charge in [0.1, 0.15) is 19.0 Å². The Morgan fingerprint density at radius 2 is 1.64 bits per heavy atom. The van der Waals surface area contributed by atoms with E-state index in [-0.39, 0.29) is 12.5 Å². The van der Waals surface area contributed by atoms with Crippen LogP contribution in [0, 0.1) is 0 Å². The summed E-state index contributed by atoms with van der Waals surface area (Å²) >= 11 is 0. The van der Waals surface area contributed by atoms with Gasteiger partial charge < -0.3 is 14.2 Å². The van der Waals surface area contributed by atoms with Crippen LogP contribution in [-0.2, 0) is 11.4 Å². The minimum Gasteiger partial charge on any atom is -0.489 e. The fourth-order valence-corrected chi connectivity index (χ4v) is 3.52. The van der Waals surface area contributed by atoms with E-state index in [1.54, 1.807) is 6.21 Å². The molecular formula is C27H22N2O4. The summed E-state index contributed by atoms with van der Waals surface area (Å²) < 4.78 is 17.4. The molecule has 1 N–H and O–H groups in total. The lowest BCUT2D eigenvalue weighted by atomic mass is 10.1. The van der Waals surface area contributed by atoms with Gasteiger partial charge in [-0.2, -0.15) is 5.10 Å². The number of amides is 1. The minimum atomic E-state index is -0.774. The van der Waals surface area contributed by atoms with Crippen molar-refractivity contribution < 1.29 is 19.0 Å². The van der Waals surface area contributed by atoms with Crippen molar-refractivity contribution in [1.29, 1.82) is 0 Å². The number of hydrazone groups is 1. The maximum Gasteiger partial charge on any atom is 0.284 e. The van der Waals surface area contributed by atoms with E-state index in [0.29, 0.717) is 18.1 Å². The maximum atomic E-state index is 12.5. The topological polar surface area (TPSA) is 69.2 Å². The number of carbonyl (C=O) groups is 1. The van der Waals surface area contributed by atoms with Gasteiger partial charge in [0.15, 0.2) is 11.5 Å². The number of benzene rings is 4. The Kier molecular flexibility index (Phi) is 5.89. The first kappa shape index (κ1) is 20.6. The molecule has 1 amide bonds. The summed E-state index contributed by atoms with van der Waals surface area (Å²) in [5, 5.41) is 6.13. The average Bonchev–Trinajstić information content (AvgIpc) is 2.87. The maximum absolute atomic E-state index is 12.5. The van der Waals surface area contributed by atoms with Gasteiger partial charge in [-0.1, -0.05) is 54.6 Å². The Morgan fingerprint density at radius 1 is 0.939 bits per heavy atom. The standard InChI is InChI=1S/C27H22N2O4/c30-27(26-18-32-24-14-21-8-4-5-9-22(21)15-25(24)33-26)29-28-16-19-10-12-23(13-11-19)31-17-20-6-2-1-3-7-20/h1-16,26H,17-18H2,(H,29,30)/b28-16+/t26-/m0/s1. The molecule has 1 aliphatic rings. The van der Waals surface area contributed by atoms with Gasteiger partial charge in [-0.15, -0.1) is 0 Å². The summed E-state index contributed by atoms with van der Waals surface area (Å²) in [6.07, 6.45) is 0.800. The van der Waals surface area contributed by atoms with Crippen molar-refractivity contribution in [3.8, 4) is 17.2 Å². The molecule has 1 atom stereocenters. The molecule has 0 spiro atoms. The summed E-state index contributed by atoms with van der Waals surface area (Å²) in [4.78, 5) is 12.5. The van der Waals surface area contributed by atoms with E-state index in [2.05, 4.69) is 10.5 Å². The van der Waals surface area contributed by atoms with Crippen molar-refractivity contribution in [2.45, 2.75) is 12.7 Å². The molecule has 0 unspecified atom stereocenters. The van der Waals surface area contributed by atoms with Crippen LogP contribution >= 0.6 is 0 Å². The van der Waals surface area contributed by atoms with Crippen LogP contribution in [0.1, 0.15) is 11.1 Å². The van der Waals surface area contributed by atoms with E-state index in [9.17, 15) is 4.79 Å². The zero-order valence-corrected chi connectivity index (χ0v) is 17.8. The molecule has 33 heavy (non-hydrogen) atoms. The molecule has 0 saturated carbocycles. The van der Waals surface area contributed by atoms with E-state index in [4.69, 9.17) is 14.2 Å². The predicted molar refractivity (Wildman–Crippen MR) is 127 cm³/mol. The number of fused-ring (bicyclic) bond motifs is 2. The van der Waals surface area contributed by atoms with Crippen LogP contribution in [0.4, 0.5) is 0 Å². The zero-order valence-electron chi connectivity index (χ0n) is 17.8. The summed E-state index contributed by atoms with van der Waals surface area (Å²) in [6, 6.07) is 29.2. The van der Waals surface area contributed by atoms with Gasteiger partial charge in [-0.05, 0) is 58.3 Å². The summed E-state index contributed by atoms with van der Waals surface area (Å²) in [6.45, 7) is 0.632. The molecule has 0 fully saturated rings. The first-order chi connectivity index (χ1) is 16.2. The predicted octanol–water partition coefficient (Wildman–Crippen LogP) is 4.71. The van der Waals surface area contributed by atoms with Gasteiger partial charge >= 0.3 is 0 Å². The van der Waals surface area contributed by atoms with Gasteiger partial charge in [0, 0.05) is 0 Å². The fraction of sp³-hybridized carbons (Fsp3) is 0.111. The van der Waals surface area contributed by atoms with Gasteiger partial charge in [-0.3, -0.25) is 4.79 Å². The fourth-order valence-electron chi connectivity index (χ4n) is 3.52. The Balaban J connectivity index is 1.15. The molecule has 1 aliphatic heterocycles. The number of hydrogen-bond donors (Lipinski definition) is 1. The second-order valence-corrected chi connectivity index (χ2v) is 7.64. The lowest BCUT2D eigenvalue weighted by Crippen LogP contribution is -2.42. The highest BCUT2D eigenvalue weighted by Crippen LogP contribution is 2.35. The molecule has 0 bridgehead atoms. The third kappa shape index (κ3) is 4.96. The van der Waals surface area contributed by atoms with Crippen LogP contribution in [0.5, 0.6) is 17.2 Å². The minimum absolute atomic E-state index is 0.125. The number of carbonyl (C=O) groups excluding carboxylic acids is 1. The lowest BCUT2D eigenvalue weighted by Gasteiger charge is -2.25. The Morgan fingerprint density at radius 3 is 2.39 bits per heavy atom. The molecule has 0 aliphatic carbocycles. The quantitative estimate of drug-likeness (QED) is 0.350. The summed E-state index contributed by atoms with van der Waals surface area (Å²) in [5.41, 5.74) is 4.46. The second-order valence-electron chi connectivity index (χ2n) is 7.64. The highest BCUT2D eigenvalue weighted by Gasteiger charge is 2.27. The SMILES string of the molecule is O=C(N/N=C/c1ccc(OCc2ccccc2)cc1)[C@@H]1COc2cc3ccccc3cc2O1. The van der Waals surface area contributed by atoms with Gasteiger partial charge in [0.05, 0.1) is 6.21 Å². The molecule has 0 radical (unpaired) electrons. The van der Waals surface area contributed by atoms with Crippen LogP contribution in [0.25, 0.3) is 10.8 Å². The normalized spacial score (nSPS) is 14.8. The lowest BCUT2D eigenvalue weighted by molar-refractivity contribution is -0.130. The highest BCUT2D eigenvalue weighted by molar-refractivity contribution is 5.88. The van der Waals surface area contributed by atoms with E-state index in [0.717, 1.165) is 27.6 Å². The molecule has 0 aromatic heterocycles. The van der Waals surface area contributed by atoms with E-state index in [1.807, 2.05) is 91.0 Å². The van der Waals surface area contributed by atoms with Crippen LogP contribution in [0.2, 0.25) is 0 Å². The molecule has 4 aromatic carbocycles. The van der Waals surface area contributed by atoms with Gasteiger partial charge in [0.2, 0.25) is 6.10 Å².